The van der Waals surface area contributed by atoms with E-state index >= 15 is 0 Å². The van der Waals surface area contributed by atoms with Gasteiger partial charge in [-0.2, -0.15) is 0 Å². The lowest BCUT2D eigenvalue weighted by Gasteiger charge is -2.26. The van der Waals surface area contributed by atoms with Crippen molar-refractivity contribution in [3.05, 3.63) is 23.8 Å². The van der Waals surface area contributed by atoms with E-state index in [4.69, 9.17) is 21.1 Å². The average Bonchev–Trinajstić information content (AvgIpc) is 2.18. The number of hydrogen-bond acceptors (Lipinski definition) is 2. The highest BCUT2D eigenvalue weighted by Gasteiger charge is 2.20. The second-order valence-corrected chi connectivity index (χ2v) is 3.42. The summed E-state index contributed by atoms with van der Waals surface area (Å²) in [6.45, 7) is 2.54. The van der Waals surface area contributed by atoms with Crippen LogP contribution in [0, 0.1) is 6.92 Å². The zero-order chi connectivity index (χ0) is 9.26. The minimum atomic E-state index is -0.0183. The Labute approximate surface area is 82.4 Å². The second kappa shape index (κ2) is 3.46. The molecule has 1 heterocycles. The Bertz CT molecular complexity index is 312. The summed E-state index contributed by atoms with van der Waals surface area (Å²) in [5.74, 6) is 2.12. The maximum Gasteiger partial charge on any atom is 0.164 e. The van der Waals surface area contributed by atoms with Crippen molar-refractivity contribution in [3.8, 4) is 11.5 Å². The van der Waals surface area contributed by atoms with Gasteiger partial charge in [0.15, 0.2) is 11.5 Å². The van der Waals surface area contributed by atoms with Crippen LogP contribution in [-0.2, 0) is 0 Å². The normalized spacial score (nSPS) is 20.0. The SMILES string of the molecule is Cc1cccc2c1OC(CCl)CO2. The predicted octanol–water partition coefficient (Wildman–Crippen LogP) is 2.37. The first-order valence-corrected chi connectivity index (χ1v) is 4.79. The summed E-state index contributed by atoms with van der Waals surface area (Å²) in [5, 5.41) is 0. The lowest BCUT2D eigenvalue weighted by atomic mass is 10.2. The third-order valence-electron chi connectivity index (χ3n) is 2.06. The van der Waals surface area contributed by atoms with Gasteiger partial charge in [0, 0.05) is 0 Å². The lowest BCUT2D eigenvalue weighted by Crippen LogP contribution is -2.30. The highest BCUT2D eigenvalue weighted by atomic mass is 35.5. The Morgan fingerprint density at radius 3 is 3.15 bits per heavy atom. The fourth-order valence-corrected chi connectivity index (χ4v) is 1.50. The smallest absolute Gasteiger partial charge is 0.164 e. The van der Waals surface area contributed by atoms with Gasteiger partial charge in [-0.25, -0.2) is 0 Å². The molecule has 1 atom stereocenters. The van der Waals surface area contributed by atoms with Crippen LogP contribution in [0.15, 0.2) is 18.2 Å². The van der Waals surface area contributed by atoms with E-state index in [1.165, 1.54) is 0 Å². The molecule has 0 aromatic heterocycles. The van der Waals surface area contributed by atoms with Gasteiger partial charge in [0.2, 0.25) is 0 Å². The predicted molar refractivity (Wildman–Crippen MR) is 51.8 cm³/mol. The topological polar surface area (TPSA) is 18.5 Å². The van der Waals surface area contributed by atoms with Gasteiger partial charge in [0.25, 0.3) is 0 Å². The number of ether oxygens (including phenoxy) is 2. The van der Waals surface area contributed by atoms with Crippen LogP contribution < -0.4 is 9.47 Å². The third-order valence-corrected chi connectivity index (χ3v) is 2.40. The minimum Gasteiger partial charge on any atom is -0.486 e. The van der Waals surface area contributed by atoms with Gasteiger partial charge >= 0.3 is 0 Å². The Kier molecular flexibility index (Phi) is 2.32. The van der Waals surface area contributed by atoms with Crippen LogP contribution in [0.2, 0.25) is 0 Å². The van der Waals surface area contributed by atoms with Crippen LogP contribution in [0.1, 0.15) is 5.56 Å². The molecule has 13 heavy (non-hydrogen) atoms. The second-order valence-electron chi connectivity index (χ2n) is 3.11. The molecule has 0 bridgehead atoms. The molecule has 1 aromatic carbocycles. The van der Waals surface area contributed by atoms with E-state index in [0.717, 1.165) is 17.1 Å². The number of para-hydroxylation sites is 1. The molecule has 70 valence electrons. The fourth-order valence-electron chi connectivity index (χ4n) is 1.35. The number of fused-ring (bicyclic) bond motifs is 1. The number of aryl methyl sites for hydroxylation is 1. The van der Waals surface area contributed by atoms with Crippen molar-refractivity contribution in [2.75, 3.05) is 12.5 Å². The van der Waals surface area contributed by atoms with Crippen LogP contribution >= 0.6 is 11.6 Å². The molecule has 2 nitrogen and oxygen atoms in total. The Balaban J connectivity index is 2.32. The van der Waals surface area contributed by atoms with Gasteiger partial charge in [-0.15, -0.1) is 11.6 Å². The molecule has 2 rings (SSSR count). The van der Waals surface area contributed by atoms with Crippen molar-refractivity contribution in [2.45, 2.75) is 13.0 Å². The molecular weight excluding hydrogens is 188 g/mol. The molecule has 1 aliphatic heterocycles. The monoisotopic (exact) mass is 198 g/mol. The van der Waals surface area contributed by atoms with Crippen LogP contribution in [0.3, 0.4) is 0 Å². The van der Waals surface area contributed by atoms with Crippen LogP contribution in [0.4, 0.5) is 0 Å². The summed E-state index contributed by atoms with van der Waals surface area (Å²) in [4.78, 5) is 0. The first kappa shape index (κ1) is 8.70. The van der Waals surface area contributed by atoms with E-state index in [1.54, 1.807) is 0 Å². The fraction of sp³-hybridized carbons (Fsp3) is 0.400. The first-order valence-electron chi connectivity index (χ1n) is 4.26. The van der Waals surface area contributed by atoms with E-state index in [0.29, 0.717) is 12.5 Å². The zero-order valence-corrected chi connectivity index (χ0v) is 8.17. The highest BCUT2D eigenvalue weighted by Crippen LogP contribution is 2.34. The van der Waals surface area contributed by atoms with Crippen molar-refractivity contribution >= 4 is 11.6 Å². The highest BCUT2D eigenvalue weighted by molar-refractivity contribution is 6.18. The Morgan fingerprint density at radius 1 is 1.54 bits per heavy atom. The van der Waals surface area contributed by atoms with E-state index < -0.39 is 0 Å². The first-order chi connectivity index (χ1) is 6.31. The maximum absolute atomic E-state index is 5.69. The molecule has 0 saturated heterocycles. The summed E-state index contributed by atoms with van der Waals surface area (Å²) in [6, 6.07) is 5.87. The van der Waals surface area contributed by atoms with E-state index in [-0.39, 0.29) is 6.10 Å². The summed E-state index contributed by atoms with van der Waals surface area (Å²) in [5.41, 5.74) is 1.09. The van der Waals surface area contributed by atoms with Gasteiger partial charge in [-0.05, 0) is 18.6 Å². The molecule has 1 unspecified atom stereocenters. The number of halogens is 1. The molecule has 0 fully saturated rings. The molecule has 0 amide bonds. The number of hydrogen-bond donors (Lipinski definition) is 0. The number of benzene rings is 1. The van der Waals surface area contributed by atoms with Crippen LogP contribution in [0.5, 0.6) is 11.5 Å². The van der Waals surface area contributed by atoms with Crippen molar-refractivity contribution in [2.24, 2.45) is 0 Å². The standard InChI is InChI=1S/C10H11ClO2/c1-7-3-2-4-9-10(7)13-8(5-11)6-12-9/h2-4,8H,5-6H2,1H3. The number of alkyl halides is 1. The van der Waals surface area contributed by atoms with Gasteiger partial charge in [0.1, 0.15) is 12.7 Å². The summed E-state index contributed by atoms with van der Waals surface area (Å²) < 4.78 is 11.2. The molecule has 0 radical (unpaired) electrons. The quantitative estimate of drug-likeness (QED) is 0.645. The Hall–Kier alpha value is -0.890. The van der Waals surface area contributed by atoms with E-state index in [9.17, 15) is 0 Å². The molecule has 0 spiro atoms. The summed E-state index contributed by atoms with van der Waals surface area (Å²) in [7, 11) is 0. The summed E-state index contributed by atoms with van der Waals surface area (Å²) in [6.07, 6.45) is -0.0183. The van der Waals surface area contributed by atoms with Crippen molar-refractivity contribution in [1.82, 2.24) is 0 Å². The van der Waals surface area contributed by atoms with Gasteiger partial charge in [-0.3, -0.25) is 0 Å². The van der Waals surface area contributed by atoms with Gasteiger partial charge in [-0.1, -0.05) is 12.1 Å². The molecule has 3 heteroatoms. The largest absolute Gasteiger partial charge is 0.486 e. The van der Waals surface area contributed by atoms with Gasteiger partial charge in [0.05, 0.1) is 5.88 Å². The Morgan fingerprint density at radius 2 is 2.38 bits per heavy atom. The molecule has 0 saturated carbocycles. The molecular formula is C10H11ClO2. The summed E-state index contributed by atoms with van der Waals surface area (Å²) >= 11 is 5.69. The van der Waals surface area contributed by atoms with Crippen LogP contribution in [0.25, 0.3) is 0 Å². The third kappa shape index (κ3) is 1.59. The minimum absolute atomic E-state index is 0.0183. The molecule has 1 aromatic rings. The lowest BCUT2D eigenvalue weighted by molar-refractivity contribution is 0.105. The maximum atomic E-state index is 5.69. The van der Waals surface area contributed by atoms with Gasteiger partial charge < -0.3 is 9.47 Å². The van der Waals surface area contributed by atoms with Crippen molar-refractivity contribution < 1.29 is 9.47 Å². The van der Waals surface area contributed by atoms with Crippen molar-refractivity contribution in [1.29, 1.82) is 0 Å². The van der Waals surface area contributed by atoms with Crippen molar-refractivity contribution in [3.63, 3.8) is 0 Å². The van der Waals surface area contributed by atoms with E-state index in [1.807, 2.05) is 25.1 Å². The average molecular weight is 199 g/mol. The van der Waals surface area contributed by atoms with E-state index in [2.05, 4.69) is 0 Å². The van der Waals surface area contributed by atoms with Crippen LogP contribution in [-0.4, -0.2) is 18.6 Å². The molecule has 1 aliphatic rings. The molecule has 0 N–H and O–H groups in total. The zero-order valence-electron chi connectivity index (χ0n) is 7.42. The molecule has 0 aliphatic carbocycles. The number of rotatable bonds is 1.